The topological polar surface area (TPSA) is 187 Å². The first-order chi connectivity index (χ1) is 20.7. The highest BCUT2D eigenvalue weighted by atomic mass is 16.5. The normalized spacial score (nSPS) is 20.6. The summed E-state index contributed by atoms with van der Waals surface area (Å²) in [6, 6.07) is 14.2. The number of nitrogens with zero attached hydrogens (tertiary/aromatic N) is 1. The molecule has 1 aliphatic rings. The Kier molecular flexibility index (Phi) is 9.65. The second-order valence-corrected chi connectivity index (χ2v) is 12.3. The van der Waals surface area contributed by atoms with Gasteiger partial charge in [-0.05, 0) is 29.5 Å². The number of para-hydroxylation sites is 1. The van der Waals surface area contributed by atoms with Gasteiger partial charge in [0.25, 0.3) is 0 Å². The lowest BCUT2D eigenvalue weighted by atomic mass is 9.70. The summed E-state index contributed by atoms with van der Waals surface area (Å²) in [5.74, 6) is -2.37. The number of carbonyl (C=O) groups excluding carboxylic acids is 3. The molecule has 7 N–H and O–H groups in total. The first-order valence-electron chi connectivity index (χ1n) is 14.5. The molecule has 12 nitrogen and oxygen atoms in total. The SMILES string of the molecule is C[C@@H](O)[C@H](NC(=O)C(Cc1c[nH]c2ccccc12)NC(=O)[C@@]1(C(C)(C)C)C[C@@H](OCc2ccccc2)CN1C(=O)O)C(N)=O. The van der Waals surface area contributed by atoms with Gasteiger partial charge in [0, 0.05) is 29.9 Å². The van der Waals surface area contributed by atoms with Crippen LogP contribution in [0.1, 0.15) is 45.2 Å². The van der Waals surface area contributed by atoms with Gasteiger partial charge < -0.3 is 36.3 Å². The number of ether oxygens (including phenoxy) is 1. The molecule has 2 heterocycles. The van der Waals surface area contributed by atoms with Crippen molar-refractivity contribution in [2.45, 2.75) is 77.0 Å². The fraction of sp³-hybridized carbons (Fsp3) is 0.438. The van der Waals surface area contributed by atoms with E-state index in [1.165, 1.54) is 6.92 Å². The van der Waals surface area contributed by atoms with Crippen molar-refractivity contribution in [2.75, 3.05) is 6.54 Å². The number of H-pyrrole nitrogens is 1. The molecule has 1 saturated heterocycles. The number of nitrogens with two attached hydrogens (primary N) is 1. The molecule has 12 heteroatoms. The van der Waals surface area contributed by atoms with Crippen LogP contribution in [0.5, 0.6) is 0 Å². The number of nitrogens with one attached hydrogen (secondary N) is 3. The van der Waals surface area contributed by atoms with Crippen molar-refractivity contribution in [3.05, 3.63) is 71.9 Å². The van der Waals surface area contributed by atoms with Crippen LogP contribution in [0.2, 0.25) is 0 Å². The van der Waals surface area contributed by atoms with Gasteiger partial charge in [-0.3, -0.25) is 19.3 Å². The van der Waals surface area contributed by atoms with Crippen molar-refractivity contribution < 1.29 is 34.1 Å². The number of rotatable bonds is 11. The van der Waals surface area contributed by atoms with Crippen molar-refractivity contribution in [2.24, 2.45) is 11.1 Å². The Bertz CT molecular complexity index is 1500. The summed E-state index contributed by atoms with van der Waals surface area (Å²) in [6.45, 7) is 6.82. The first-order valence-corrected chi connectivity index (χ1v) is 14.5. The van der Waals surface area contributed by atoms with Gasteiger partial charge in [-0.25, -0.2) is 4.79 Å². The third kappa shape index (κ3) is 6.71. The number of primary amides is 1. The van der Waals surface area contributed by atoms with E-state index in [-0.39, 0.29) is 26.0 Å². The second kappa shape index (κ2) is 13.1. The lowest BCUT2D eigenvalue weighted by molar-refractivity contribution is -0.141. The van der Waals surface area contributed by atoms with Crippen LogP contribution in [0, 0.1) is 5.41 Å². The molecule has 0 saturated carbocycles. The molecule has 2 aromatic carbocycles. The molecule has 1 aromatic heterocycles. The minimum atomic E-state index is -1.60. The molecule has 1 fully saturated rings. The third-order valence-corrected chi connectivity index (χ3v) is 8.35. The van der Waals surface area contributed by atoms with Crippen molar-refractivity contribution >= 4 is 34.7 Å². The van der Waals surface area contributed by atoms with Gasteiger partial charge in [0.15, 0.2) is 0 Å². The van der Waals surface area contributed by atoms with E-state index in [1.54, 1.807) is 27.0 Å². The number of carbonyl (C=O) groups is 4. The maximum atomic E-state index is 14.4. The maximum Gasteiger partial charge on any atom is 0.408 e. The summed E-state index contributed by atoms with van der Waals surface area (Å²) < 4.78 is 6.11. The van der Waals surface area contributed by atoms with E-state index < -0.39 is 59.1 Å². The van der Waals surface area contributed by atoms with Gasteiger partial charge in [0.05, 0.1) is 25.4 Å². The number of carboxylic acid groups (broad SMARTS) is 1. The predicted octanol–water partition coefficient (Wildman–Crippen LogP) is 2.30. The molecule has 236 valence electrons. The van der Waals surface area contributed by atoms with E-state index in [2.05, 4.69) is 15.6 Å². The number of aliphatic hydroxyl groups is 1. The number of aromatic nitrogens is 1. The zero-order valence-electron chi connectivity index (χ0n) is 25.4. The Labute approximate surface area is 255 Å². The van der Waals surface area contributed by atoms with Crippen LogP contribution in [-0.2, 0) is 32.1 Å². The van der Waals surface area contributed by atoms with Crippen LogP contribution >= 0.6 is 0 Å². The average Bonchev–Trinajstić information content (AvgIpc) is 3.57. The van der Waals surface area contributed by atoms with Crippen LogP contribution in [0.25, 0.3) is 10.9 Å². The number of amides is 4. The first kappa shape index (κ1) is 32.5. The maximum absolute atomic E-state index is 14.4. The van der Waals surface area contributed by atoms with E-state index in [4.69, 9.17) is 10.5 Å². The molecule has 0 aliphatic carbocycles. The van der Waals surface area contributed by atoms with E-state index >= 15 is 0 Å². The zero-order valence-corrected chi connectivity index (χ0v) is 25.4. The van der Waals surface area contributed by atoms with Crippen molar-refractivity contribution in [1.82, 2.24) is 20.5 Å². The van der Waals surface area contributed by atoms with Crippen LogP contribution < -0.4 is 16.4 Å². The molecule has 4 rings (SSSR count). The van der Waals surface area contributed by atoms with E-state index in [1.807, 2.05) is 54.6 Å². The van der Waals surface area contributed by atoms with Gasteiger partial charge in [-0.2, -0.15) is 0 Å². The van der Waals surface area contributed by atoms with Crippen LogP contribution in [0.15, 0.2) is 60.8 Å². The smallest absolute Gasteiger partial charge is 0.408 e. The summed E-state index contributed by atoms with van der Waals surface area (Å²) in [5.41, 5.74) is 5.34. The lowest BCUT2D eigenvalue weighted by Gasteiger charge is -2.45. The van der Waals surface area contributed by atoms with E-state index in [9.17, 15) is 29.4 Å². The number of hydrogen-bond donors (Lipinski definition) is 6. The second-order valence-electron chi connectivity index (χ2n) is 12.3. The number of aliphatic hydroxyl groups excluding tert-OH is 1. The monoisotopic (exact) mass is 607 g/mol. The molecular formula is C32H41N5O7. The highest BCUT2D eigenvalue weighted by Gasteiger charge is 2.60. The lowest BCUT2D eigenvalue weighted by Crippen LogP contribution is -2.67. The summed E-state index contributed by atoms with van der Waals surface area (Å²) in [4.78, 5) is 56.9. The average molecular weight is 608 g/mol. The van der Waals surface area contributed by atoms with Crippen LogP contribution in [0.4, 0.5) is 4.79 Å². The Morgan fingerprint density at radius 2 is 1.75 bits per heavy atom. The summed E-state index contributed by atoms with van der Waals surface area (Å²) in [6.07, 6.45) is -1.38. The molecule has 5 atom stereocenters. The van der Waals surface area contributed by atoms with Crippen LogP contribution in [0.3, 0.4) is 0 Å². The summed E-state index contributed by atoms with van der Waals surface area (Å²) >= 11 is 0. The Hall–Kier alpha value is -4.42. The Balaban J connectivity index is 1.67. The zero-order chi connectivity index (χ0) is 32.2. The fourth-order valence-corrected chi connectivity index (χ4v) is 5.96. The van der Waals surface area contributed by atoms with Gasteiger partial charge in [0.2, 0.25) is 17.7 Å². The predicted molar refractivity (Wildman–Crippen MR) is 163 cm³/mol. The molecular weight excluding hydrogens is 566 g/mol. The molecule has 3 aromatic rings. The number of likely N-dealkylation sites (tertiary alicyclic amines) is 1. The largest absolute Gasteiger partial charge is 0.465 e. The van der Waals surface area contributed by atoms with E-state index in [0.29, 0.717) is 5.56 Å². The van der Waals surface area contributed by atoms with Crippen LogP contribution in [-0.4, -0.2) is 80.3 Å². The summed E-state index contributed by atoms with van der Waals surface area (Å²) in [7, 11) is 0. The molecule has 0 bridgehead atoms. The Morgan fingerprint density at radius 3 is 2.36 bits per heavy atom. The van der Waals surface area contributed by atoms with Gasteiger partial charge in [-0.15, -0.1) is 0 Å². The van der Waals surface area contributed by atoms with Crippen molar-refractivity contribution in [1.29, 1.82) is 0 Å². The molecule has 44 heavy (non-hydrogen) atoms. The highest BCUT2D eigenvalue weighted by molar-refractivity contribution is 5.97. The third-order valence-electron chi connectivity index (χ3n) is 8.35. The van der Waals surface area contributed by atoms with E-state index in [0.717, 1.165) is 21.4 Å². The quantitative estimate of drug-likeness (QED) is 0.193. The minimum absolute atomic E-state index is 0.00804. The van der Waals surface area contributed by atoms with Gasteiger partial charge in [0.1, 0.15) is 17.6 Å². The van der Waals surface area contributed by atoms with Crippen molar-refractivity contribution in [3.8, 4) is 0 Å². The summed E-state index contributed by atoms with van der Waals surface area (Å²) in [5, 5.41) is 26.5. The highest BCUT2D eigenvalue weighted by Crippen LogP contribution is 2.45. The minimum Gasteiger partial charge on any atom is -0.465 e. The Morgan fingerprint density at radius 1 is 1.09 bits per heavy atom. The molecule has 4 amide bonds. The molecule has 1 unspecified atom stereocenters. The van der Waals surface area contributed by atoms with Gasteiger partial charge >= 0.3 is 6.09 Å². The number of hydrogen-bond acceptors (Lipinski definition) is 6. The van der Waals surface area contributed by atoms with Gasteiger partial charge in [-0.1, -0.05) is 69.3 Å². The molecule has 0 spiro atoms. The fourth-order valence-electron chi connectivity index (χ4n) is 5.96. The molecule has 0 radical (unpaired) electrons. The number of aromatic amines is 1. The van der Waals surface area contributed by atoms with Crippen molar-refractivity contribution in [3.63, 3.8) is 0 Å². The number of fused-ring (bicyclic) bond motifs is 1. The number of benzene rings is 2. The molecule has 1 aliphatic heterocycles. The standard InChI is InChI=1S/C32H41N5O7/c1-19(38)26(27(33)39)36-28(40)25(14-21-16-34-24-13-9-8-12-23(21)24)35-29(41)32(31(2,3)4)15-22(17-37(32)30(42)43)44-18-20-10-6-5-7-11-20/h5-13,16,19,22,25-26,34,38H,14-15,17-18H2,1-4H3,(H2,33,39)(H,35,41)(H,36,40)(H,42,43)/t19-,22-,25?,26+,32-/m1/s1.